The van der Waals surface area contributed by atoms with E-state index in [4.69, 9.17) is 56.8 Å². The maximum atomic E-state index is 6.87. The van der Waals surface area contributed by atoms with Crippen LogP contribution in [-0.2, 0) is 61.9 Å². The Balaban J connectivity index is 1.47. The summed E-state index contributed by atoms with van der Waals surface area (Å²) in [6, 6.07) is 14.3. The number of rotatable bonds is 61. The van der Waals surface area contributed by atoms with E-state index in [0.29, 0.717) is 119 Å². The molecule has 0 saturated heterocycles. The summed E-state index contributed by atoms with van der Waals surface area (Å²) in [6.45, 7) is 21.8. The molecule has 0 amide bonds. The van der Waals surface area contributed by atoms with Gasteiger partial charge in [-0.1, -0.05) is 156 Å². The lowest BCUT2D eigenvalue weighted by Crippen LogP contribution is -2.14. The van der Waals surface area contributed by atoms with Crippen LogP contribution in [0.25, 0.3) is 32.0 Å². The van der Waals surface area contributed by atoms with Crippen molar-refractivity contribution in [3.05, 3.63) is 74.0 Å². The summed E-state index contributed by atoms with van der Waals surface area (Å²) in [5, 5.41) is 0. The fraction of sp³-hybridized carbons (Fsp3) is 0.718. The molecule has 0 fully saturated rings. The molecule has 14 heteroatoms. The Labute approximate surface area is 567 Å². The Kier molecular flexibility index (Phi) is 44.7. The Morgan fingerprint density at radius 3 is 1.01 bits per heavy atom. The lowest BCUT2D eigenvalue weighted by Gasteiger charge is -2.19. The highest BCUT2D eigenvalue weighted by atomic mass is 32.1. The Morgan fingerprint density at radius 1 is 0.326 bits per heavy atom. The Bertz CT molecular complexity index is 2430. The van der Waals surface area contributed by atoms with Crippen molar-refractivity contribution in [2.24, 2.45) is 0 Å². The van der Waals surface area contributed by atoms with Gasteiger partial charge in [0.2, 0.25) is 5.75 Å². The number of unbranched alkanes of at least 4 members (excludes halogenated alkanes) is 21. The molecule has 0 saturated carbocycles. The Morgan fingerprint density at radius 2 is 0.641 bits per heavy atom. The quantitative estimate of drug-likeness (QED) is 0.0393. The van der Waals surface area contributed by atoms with Gasteiger partial charge in [-0.2, -0.15) is 0 Å². The molecule has 0 radical (unpaired) electrons. The van der Waals surface area contributed by atoms with Crippen LogP contribution in [0.15, 0.2) is 36.4 Å². The van der Waals surface area contributed by atoms with E-state index in [2.05, 4.69) is 71.0 Å². The highest BCUT2D eigenvalue weighted by Crippen LogP contribution is 2.49. The molecule has 0 aliphatic heterocycles. The summed E-state index contributed by atoms with van der Waals surface area (Å²) in [5.74, 6) is 2.43. The van der Waals surface area contributed by atoms with Gasteiger partial charge in [-0.25, -0.2) is 0 Å². The average molecular weight is 1320 g/mol. The molecular formula is C78H126O12S2. The van der Waals surface area contributed by atoms with Gasteiger partial charge in [0, 0.05) is 40.8 Å². The van der Waals surface area contributed by atoms with E-state index in [-0.39, 0.29) is 0 Å². The van der Waals surface area contributed by atoms with Crippen LogP contribution >= 0.6 is 22.7 Å². The van der Waals surface area contributed by atoms with Crippen LogP contribution in [-0.4, -0.2) is 140 Å². The Hall–Kier alpha value is -3.38. The number of benzene rings is 2. The molecule has 92 heavy (non-hydrogen) atoms. The molecule has 0 spiro atoms. The number of thiophene rings is 2. The van der Waals surface area contributed by atoms with E-state index >= 15 is 0 Å². The summed E-state index contributed by atoms with van der Waals surface area (Å²) >= 11 is 3.80. The predicted octanol–water partition coefficient (Wildman–Crippen LogP) is 20.1. The molecule has 5 rings (SSSR count). The van der Waals surface area contributed by atoms with Crippen LogP contribution < -0.4 is 14.2 Å². The lowest BCUT2D eigenvalue weighted by atomic mass is 9.91. The van der Waals surface area contributed by atoms with Crippen LogP contribution in [0.3, 0.4) is 0 Å². The smallest absolute Gasteiger partial charge is 0.203 e. The molecule has 0 unspecified atom stereocenters. The first kappa shape index (κ1) is 79.3. The van der Waals surface area contributed by atoms with Crippen molar-refractivity contribution in [2.75, 3.05) is 140 Å². The van der Waals surface area contributed by atoms with E-state index in [1.54, 1.807) is 21.3 Å². The third kappa shape index (κ3) is 31.7. The summed E-state index contributed by atoms with van der Waals surface area (Å²) in [5.41, 5.74) is 11.9. The maximum absolute atomic E-state index is 6.87. The van der Waals surface area contributed by atoms with Gasteiger partial charge in [-0.15, -0.1) is 22.7 Å². The minimum atomic E-state index is 0.526. The van der Waals surface area contributed by atoms with Crippen molar-refractivity contribution in [1.29, 1.82) is 0 Å². The fourth-order valence-electron chi connectivity index (χ4n) is 12.1. The van der Waals surface area contributed by atoms with Crippen LogP contribution in [0.1, 0.15) is 232 Å². The molecule has 2 aromatic heterocycles. The zero-order valence-electron chi connectivity index (χ0n) is 59.1. The van der Waals surface area contributed by atoms with Crippen LogP contribution in [0.4, 0.5) is 0 Å². The fourth-order valence-corrected chi connectivity index (χ4v) is 14.2. The molecule has 2 heterocycles. The molecule has 2 aromatic carbocycles. The topological polar surface area (TPSA) is 111 Å². The minimum absolute atomic E-state index is 0.526. The standard InChI is InChI=1S/C78H126O12S2/c1-9-12-15-18-21-24-27-30-39-88-74-59-68(60-75(89-40-31-28-25-22-19-16-13-10-2)78(74)90-41-32-29-26-23-20-17-14-11-3)77-62-73(64(5)92-77)71-35-33-34-70(71)72-61-76(91-63(72)4)67-57-65(36-42-82-51-54-85-48-45-79-6)69(38-44-84-53-56-87-50-47-81-8)66(58-67)37-43-83-52-55-86-49-46-80-7/h57-62H,9-56H2,1-8H3. The molecule has 0 N–H and O–H groups in total. The maximum Gasteiger partial charge on any atom is 0.203 e. The zero-order valence-corrected chi connectivity index (χ0v) is 60.8. The van der Waals surface area contributed by atoms with Crippen molar-refractivity contribution < 1.29 is 56.8 Å². The molecular weight excluding hydrogens is 1190 g/mol. The molecule has 4 aromatic rings. The van der Waals surface area contributed by atoms with Crippen LogP contribution in [0.2, 0.25) is 0 Å². The van der Waals surface area contributed by atoms with E-state index < -0.39 is 0 Å². The SMILES string of the molecule is CCCCCCCCCCOc1cc(-c2cc(C3=C(c4cc(-c5cc(CCOCCOCCOC)c(CCOCCOCCOC)c(CCOCCOCCOC)c5)sc4C)CCC3)c(C)s2)cc(OCCCCCCCCCC)c1OCCCCCCCCCC. The largest absolute Gasteiger partial charge is 0.490 e. The number of allylic oxidation sites excluding steroid dienone is 2. The van der Waals surface area contributed by atoms with Crippen LogP contribution in [0.5, 0.6) is 17.2 Å². The van der Waals surface area contributed by atoms with Crippen LogP contribution in [0, 0.1) is 13.8 Å². The van der Waals surface area contributed by atoms with Gasteiger partial charge in [-0.05, 0) is 158 Å². The molecule has 1 aliphatic rings. The molecule has 0 atom stereocenters. The summed E-state index contributed by atoms with van der Waals surface area (Å²) < 4.78 is 71.9. The lowest BCUT2D eigenvalue weighted by molar-refractivity contribution is 0.0244. The van der Waals surface area contributed by atoms with Gasteiger partial charge in [0.15, 0.2) is 11.5 Å². The van der Waals surface area contributed by atoms with Gasteiger partial charge in [0.25, 0.3) is 0 Å². The molecule has 12 nitrogen and oxygen atoms in total. The van der Waals surface area contributed by atoms with Crippen molar-refractivity contribution in [3.63, 3.8) is 0 Å². The second-order valence-electron chi connectivity index (χ2n) is 24.9. The van der Waals surface area contributed by atoms with Crippen molar-refractivity contribution in [1.82, 2.24) is 0 Å². The highest BCUT2D eigenvalue weighted by Gasteiger charge is 2.26. The first-order valence-electron chi connectivity index (χ1n) is 36.5. The van der Waals surface area contributed by atoms with Crippen molar-refractivity contribution >= 4 is 33.8 Å². The van der Waals surface area contributed by atoms with Gasteiger partial charge in [-0.3, -0.25) is 0 Å². The second-order valence-corrected chi connectivity index (χ2v) is 27.4. The van der Waals surface area contributed by atoms with Gasteiger partial charge in [0.05, 0.1) is 119 Å². The number of hydrogen-bond donors (Lipinski definition) is 0. The zero-order chi connectivity index (χ0) is 65.3. The summed E-state index contributed by atoms with van der Waals surface area (Å²) in [4.78, 5) is 5.22. The minimum Gasteiger partial charge on any atom is -0.490 e. The van der Waals surface area contributed by atoms with Gasteiger partial charge in [0.1, 0.15) is 0 Å². The van der Waals surface area contributed by atoms with E-state index in [1.165, 1.54) is 199 Å². The molecule has 0 bridgehead atoms. The van der Waals surface area contributed by atoms with Crippen molar-refractivity contribution in [2.45, 2.75) is 227 Å². The third-order valence-corrected chi connectivity index (χ3v) is 19.6. The number of hydrogen-bond acceptors (Lipinski definition) is 14. The average Bonchev–Trinajstić information content (AvgIpc) is 1.60. The first-order valence-corrected chi connectivity index (χ1v) is 38.1. The normalized spacial score (nSPS) is 12.6. The number of methoxy groups -OCH3 is 3. The molecule has 1 aliphatic carbocycles. The van der Waals surface area contributed by atoms with E-state index in [9.17, 15) is 0 Å². The number of aryl methyl sites for hydroxylation is 2. The third-order valence-electron chi connectivity index (χ3n) is 17.4. The van der Waals surface area contributed by atoms with Crippen molar-refractivity contribution in [3.8, 4) is 38.1 Å². The molecule has 522 valence electrons. The highest BCUT2D eigenvalue weighted by molar-refractivity contribution is 7.16. The number of ether oxygens (including phenoxy) is 12. The first-order chi connectivity index (χ1) is 45.4. The predicted molar refractivity (Wildman–Crippen MR) is 386 cm³/mol. The van der Waals surface area contributed by atoms with E-state index in [0.717, 1.165) is 80.6 Å². The van der Waals surface area contributed by atoms with Gasteiger partial charge >= 0.3 is 0 Å². The summed E-state index contributed by atoms with van der Waals surface area (Å²) in [6.07, 6.45) is 35.8. The van der Waals surface area contributed by atoms with E-state index in [1.807, 2.05) is 22.7 Å². The van der Waals surface area contributed by atoms with Gasteiger partial charge < -0.3 is 56.8 Å². The summed E-state index contributed by atoms with van der Waals surface area (Å²) in [7, 11) is 5.07. The monoisotopic (exact) mass is 1320 g/mol. The second kappa shape index (κ2) is 51.8.